The van der Waals surface area contributed by atoms with Crippen LogP contribution in [0, 0.1) is 6.92 Å². The third kappa shape index (κ3) is 1.87. The predicted molar refractivity (Wildman–Crippen MR) is 56.4 cm³/mol. The van der Waals surface area contributed by atoms with Crippen molar-refractivity contribution < 1.29 is 0 Å². The molecule has 2 heterocycles. The first-order valence-corrected chi connectivity index (χ1v) is 5.20. The Morgan fingerprint density at radius 3 is 2.93 bits per heavy atom. The average molecular weight is 192 g/mol. The molecular weight excluding hydrogens is 176 g/mol. The maximum atomic E-state index is 11.2. The summed E-state index contributed by atoms with van der Waals surface area (Å²) >= 11 is 0. The molecule has 1 aromatic rings. The van der Waals surface area contributed by atoms with Gasteiger partial charge in [-0.3, -0.25) is 4.79 Å². The Bertz CT molecular complexity index is 364. The smallest absolute Gasteiger partial charge is 0.250 e. The lowest BCUT2D eigenvalue weighted by atomic mass is 9.98. The SMILES string of the molecule is Cc1cc([C@@H]2CCCCN2)c[nH]c1=O. The van der Waals surface area contributed by atoms with Crippen molar-refractivity contribution in [3.63, 3.8) is 0 Å². The molecule has 3 nitrogen and oxygen atoms in total. The van der Waals surface area contributed by atoms with E-state index in [4.69, 9.17) is 0 Å². The van der Waals surface area contributed by atoms with E-state index in [0.29, 0.717) is 6.04 Å². The Morgan fingerprint density at radius 1 is 1.43 bits per heavy atom. The quantitative estimate of drug-likeness (QED) is 0.708. The molecule has 1 atom stereocenters. The fraction of sp³-hybridized carbons (Fsp3) is 0.545. The second-order valence-corrected chi connectivity index (χ2v) is 3.95. The van der Waals surface area contributed by atoms with Crippen molar-refractivity contribution in [1.82, 2.24) is 10.3 Å². The molecule has 0 radical (unpaired) electrons. The molecule has 14 heavy (non-hydrogen) atoms. The number of hydrogen-bond donors (Lipinski definition) is 2. The van der Waals surface area contributed by atoms with Crippen LogP contribution >= 0.6 is 0 Å². The third-order valence-electron chi connectivity index (χ3n) is 2.82. The van der Waals surface area contributed by atoms with E-state index >= 15 is 0 Å². The molecule has 1 fully saturated rings. The number of aryl methyl sites for hydroxylation is 1. The number of hydrogen-bond acceptors (Lipinski definition) is 2. The van der Waals surface area contributed by atoms with Gasteiger partial charge in [-0.05, 0) is 37.9 Å². The van der Waals surface area contributed by atoms with Crippen LogP contribution < -0.4 is 10.9 Å². The lowest BCUT2D eigenvalue weighted by Crippen LogP contribution is -2.27. The maximum Gasteiger partial charge on any atom is 0.250 e. The molecule has 1 aliphatic heterocycles. The lowest BCUT2D eigenvalue weighted by Gasteiger charge is -2.23. The van der Waals surface area contributed by atoms with Gasteiger partial charge in [-0.2, -0.15) is 0 Å². The summed E-state index contributed by atoms with van der Waals surface area (Å²) < 4.78 is 0. The van der Waals surface area contributed by atoms with E-state index < -0.39 is 0 Å². The predicted octanol–water partition coefficient (Wildman–Crippen LogP) is 1.50. The normalized spacial score (nSPS) is 22.2. The van der Waals surface area contributed by atoms with E-state index in [1.165, 1.54) is 24.8 Å². The van der Waals surface area contributed by atoms with Gasteiger partial charge in [0.1, 0.15) is 0 Å². The van der Waals surface area contributed by atoms with E-state index in [0.717, 1.165) is 12.1 Å². The second-order valence-electron chi connectivity index (χ2n) is 3.95. The van der Waals surface area contributed by atoms with E-state index in [9.17, 15) is 4.79 Å². The van der Waals surface area contributed by atoms with Gasteiger partial charge in [-0.1, -0.05) is 6.42 Å². The Morgan fingerprint density at radius 2 is 2.29 bits per heavy atom. The van der Waals surface area contributed by atoms with Crippen LogP contribution in [0.5, 0.6) is 0 Å². The Kier molecular flexibility index (Phi) is 2.68. The molecular formula is C11H16N2O. The van der Waals surface area contributed by atoms with Gasteiger partial charge < -0.3 is 10.3 Å². The van der Waals surface area contributed by atoms with Crippen LogP contribution in [-0.4, -0.2) is 11.5 Å². The number of nitrogens with one attached hydrogen (secondary N) is 2. The van der Waals surface area contributed by atoms with Gasteiger partial charge in [0, 0.05) is 17.8 Å². The van der Waals surface area contributed by atoms with Crippen molar-refractivity contribution in [3.05, 3.63) is 33.7 Å². The Balaban J connectivity index is 2.22. The van der Waals surface area contributed by atoms with Gasteiger partial charge in [-0.25, -0.2) is 0 Å². The number of H-pyrrole nitrogens is 1. The highest BCUT2D eigenvalue weighted by Gasteiger charge is 2.14. The summed E-state index contributed by atoms with van der Waals surface area (Å²) in [5.41, 5.74) is 2.03. The van der Waals surface area contributed by atoms with Crippen molar-refractivity contribution in [3.8, 4) is 0 Å². The minimum absolute atomic E-state index is 0.0181. The maximum absolute atomic E-state index is 11.2. The highest BCUT2D eigenvalue weighted by molar-refractivity contribution is 5.20. The highest BCUT2D eigenvalue weighted by Crippen LogP contribution is 2.21. The summed E-state index contributed by atoms with van der Waals surface area (Å²) in [6, 6.07) is 2.42. The number of pyridine rings is 1. The van der Waals surface area contributed by atoms with Crippen LogP contribution in [-0.2, 0) is 0 Å². The fourth-order valence-electron chi connectivity index (χ4n) is 1.96. The fourth-order valence-corrected chi connectivity index (χ4v) is 1.96. The Hall–Kier alpha value is -1.09. The van der Waals surface area contributed by atoms with E-state index in [2.05, 4.69) is 10.3 Å². The van der Waals surface area contributed by atoms with Crippen molar-refractivity contribution >= 4 is 0 Å². The summed E-state index contributed by atoms with van der Waals surface area (Å²) in [6.45, 7) is 2.94. The van der Waals surface area contributed by atoms with E-state index in [-0.39, 0.29) is 5.56 Å². The minimum Gasteiger partial charge on any atom is -0.329 e. The summed E-state index contributed by atoms with van der Waals surface area (Å²) in [4.78, 5) is 13.9. The van der Waals surface area contributed by atoms with Gasteiger partial charge in [0.05, 0.1) is 0 Å². The standard InChI is InChI=1S/C11H16N2O/c1-8-6-9(7-13-11(8)14)10-4-2-3-5-12-10/h6-7,10,12H,2-5H2,1H3,(H,13,14)/t10-/m0/s1. The van der Waals surface area contributed by atoms with Gasteiger partial charge >= 0.3 is 0 Å². The molecule has 0 saturated carbocycles. The molecule has 0 spiro atoms. The van der Waals surface area contributed by atoms with Gasteiger partial charge in [0.25, 0.3) is 5.56 Å². The molecule has 0 aliphatic carbocycles. The van der Waals surface area contributed by atoms with Crippen LogP contribution in [0.15, 0.2) is 17.1 Å². The van der Waals surface area contributed by atoms with Gasteiger partial charge in [-0.15, -0.1) is 0 Å². The molecule has 1 aromatic heterocycles. The number of rotatable bonds is 1. The van der Waals surface area contributed by atoms with E-state index in [1.54, 1.807) is 0 Å². The lowest BCUT2D eigenvalue weighted by molar-refractivity contribution is 0.411. The summed E-state index contributed by atoms with van der Waals surface area (Å²) in [5.74, 6) is 0. The molecule has 1 saturated heterocycles. The summed E-state index contributed by atoms with van der Waals surface area (Å²) in [5, 5.41) is 3.46. The second kappa shape index (κ2) is 3.96. The zero-order chi connectivity index (χ0) is 9.97. The summed E-state index contributed by atoms with van der Waals surface area (Å²) in [7, 11) is 0. The molecule has 3 heteroatoms. The number of aromatic nitrogens is 1. The first-order chi connectivity index (χ1) is 6.77. The molecule has 0 amide bonds. The van der Waals surface area contributed by atoms with Crippen LogP contribution in [0.1, 0.15) is 36.4 Å². The number of piperidine rings is 1. The molecule has 2 rings (SSSR count). The van der Waals surface area contributed by atoms with Crippen LogP contribution in [0.25, 0.3) is 0 Å². The van der Waals surface area contributed by atoms with Crippen LogP contribution in [0.2, 0.25) is 0 Å². The number of aromatic amines is 1. The topological polar surface area (TPSA) is 44.9 Å². The molecule has 0 bridgehead atoms. The van der Waals surface area contributed by atoms with Crippen LogP contribution in [0.3, 0.4) is 0 Å². The van der Waals surface area contributed by atoms with Crippen molar-refractivity contribution in [2.24, 2.45) is 0 Å². The zero-order valence-electron chi connectivity index (χ0n) is 8.47. The monoisotopic (exact) mass is 192 g/mol. The Labute approximate surface area is 83.5 Å². The highest BCUT2D eigenvalue weighted by atomic mass is 16.1. The molecule has 0 unspecified atom stereocenters. The third-order valence-corrected chi connectivity index (χ3v) is 2.82. The molecule has 2 N–H and O–H groups in total. The van der Waals surface area contributed by atoms with Crippen molar-refractivity contribution in [2.75, 3.05) is 6.54 Å². The van der Waals surface area contributed by atoms with Gasteiger partial charge in [0.15, 0.2) is 0 Å². The van der Waals surface area contributed by atoms with Crippen molar-refractivity contribution in [1.29, 1.82) is 0 Å². The van der Waals surface area contributed by atoms with Gasteiger partial charge in [0.2, 0.25) is 0 Å². The first-order valence-electron chi connectivity index (χ1n) is 5.20. The molecule has 76 valence electrons. The zero-order valence-corrected chi connectivity index (χ0v) is 8.47. The molecule has 0 aromatic carbocycles. The largest absolute Gasteiger partial charge is 0.329 e. The average Bonchev–Trinajstić information content (AvgIpc) is 2.23. The molecule has 1 aliphatic rings. The summed E-state index contributed by atoms with van der Waals surface area (Å²) in [6.07, 6.45) is 5.54. The first kappa shape index (κ1) is 9.46. The van der Waals surface area contributed by atoms with Crippen LogP contribution in [0.4, 0.5) is 0 Å². The van der Waals surface area contributed by atoms with E-state index in [1.807, 2.05) is 19.2 Å². The minimum atomic E-state index is 0.0181. The van der Waals surface area contributed by atoms with Crippen molar-refractivity contribution in [2.45, 2.75) is 32.2 Å².